The third-order valence-electron chi connectivity index (χ3n) is 5.36. The molecule has 5 rings (SSSR count). The van der Waals surface area contributed by atoms with Gasteiger partial charge in [0.2, 0.25) is 0 Å². The van der Waals surface area contributed by atoms with Crippen molar-refractivity contribution in [2.24, 2.45) is 0 Å². The molecule has 0 bridgehead atoms. The van der Waals surface area contributed by atoms with E-state index in [2.05, 4.69) is 138 Å². The molecule has 0 nitrogen and oxygen atoms in total. The Hall–Kier alpha value is -1.61. The van der Waals surface area contributed by atoms with Crippen molar-refractivity contribution in [3.8, 4) is 0 Å². The molecule has 5 aromatic carbocycles. The maximum absolute atomic E-state index is 2.24. The van der Waals surface area contributed by atoms with Crippen LogP contribution in [-0.2, 0) is 25.2 Å². The molecule has 0 atom stereocenters. The summed E-state index contributed by atoms with van der Waals surface area (Å²) in [6.45, 7) is 9.62. The molecule has 169 valence electrons. The van der Waals surface area contributed by atoms with Gasteiger partial charge in [-0.05, 0) is 13.8 Å². The summed E-state index contributed by atoms with van der Waals surface area (Å²) < 4.78 is 0. The zero-order valence-electron chi connectivity index (χ0n) is 19.7. The van der Waals surface area contributed by atoms with Crippen molar-refractivity contribution in [3.63, 3.8) is 0 Å². The van der Waals surface area contributed by atoms with Gasteiger partial charge in [-0.15, -0.1) is 93.9 Å². The number of aryl methyl sites for hydroxylation is 4. The van der Waals surface area contributed by atoms with Gasteiger partial charge in [-0.1, -0.05) is 37.1 Å². The predicted octanol–water partition coefficient (Wildman–Crippen LogP) is 8.55. The van der Waals surface area contributed by atoms with Gasteiger partial charge in [0.25, 0.3) is 0 Å². The van der Waals surface area contributed by atoms with E-state index in [4.69, 9.17) is 0 Å². The first-order chi connectivity index (χ1) is 15.0. The van der Waals surface area contributed by atoms with Gasteiger partial charge in [0.15, 0.2) is 0 Å². The Morgan fingerprint density at radius 3 is 1.48 bits per heavy atom. The van der Waals surface area contributed by atoms with E-state index in [1.807, 2.05) is 0 Å². The Morgan fingerprint density at radius 2 is 1.09 bits per heavy atom. The predicted molar refractivity (Wildman–Crippen MR) is 148 cm³/mol. The van der Waals surface area contributed by atoms with E-state index < -0.39 is 0 Å². The zero-order chi connectivity index (χ0) is 22.2. The molecular weight excluding hydrogens is 495 g/mol. The van der Waals surface area contributed by atoms with Gasteiger partial charge < -0.3 is 0 Å². The normalized spacial score (nSPS) is 9.64. The number of fused-ring (bicyclic) bond motifs is 2. The first kappa shape index (κ1) is 29.4. The van der Waals surface area contributed by atoms with Crippen LogP contribution in [0.25, 0.3) is 21.5 Å². The summed E-state index contributed by atoms with van der Waals surface area (Å²) in [6, 6.07) is 33.6. The number of halogens is 2. The van der Waals surface area contributed by atoms with Crippen LogP contribution in [0.1, 0.15) is 27.8 Å². The summed E-state index contributed by atoms with van der Waals surface area (Å²) in [4.78, 5) is 0. The van der Waals surface area contributed by atoms with E-state index in [9.17, 15) is 0 Å². The van der Waals surface area contributed by atoms with Gasteiger partial charge in [0, 0.05) is 0 Å². The summed E-state index contributed by atoms with van der Waals surface area (Å²) in [7, 11) is 0. The molecule has 0 aliphatic carbocycles. The standard InChI is InChI=1S/2C11H11.C7H7Si.2ClH.Ti/c2*1-8-6-10-5-3-4-9(2)11(10)7-8;8-6-7-4-2-1-3-5-7;;;/h2*3-7H,1-2H3;1-5H,6H2;2*1H;/q2*-1;;;;+2. The first-order valence-electron chi connectivity index (χ1n) is 10.7. The van der Waals surface area contributed by atoms with Gasteiger partial charge in [-0.2, -0.15) is 12.1 Å². The van der Waals surface area contributed by atoms with E-state index in [1.54, 1.807) is 0 Å². The molecular formula is C29H31Cl2SiTi. The molecule has 33 heavy (non-hydrogen) atoms. The quantitative estimate of drug-likeness (QED) is 0.160. The molecule has 0 N–H and O–H groups in total. The second-order valence-corrected chi connectivity index (χ2v) is 10.4. The van der Waals surface area contributed by atoms with Crippen LogP contribution in [0.4, 0.5) is 0 Å². The number of hydrogen-bond acceptors (Lipinski definition) is 0. The summed E-state index contributed by atoms with van der Waals surface area (Å²) in [6.07, 6.45) is 0. The Bertz CT molecular complexity index is 1190. The molecule has 0 aliphatic rings. The van der Waals surface area contributed by atoms with E-state index in [1.165, 1.54) is 55.4 Å². The Morgan fingerprint density at radius 1 is 0.636 bits per heavy atom. The molecule has 0 heterocycles. The summed E-state index contributed by atoms with van der Waals surface area (Å²) in [5, 5.41) is 5.51. The minimum atomic E-state index is 0. The molecule has 1 radical (unpaired) electrons. The molecule has 0 unspecified atom stereocenters. The molecule has 0 saturated carbocycles. The average Bonchev–Trinajstić information content (AvgIpc) is 3.33. The SMILES string of the molecule is Cc1cc2c(C)cccc2[cH-]1.Cc1cc2c(C)cccc2[cH-]1.Cl.Cl.[Ti+2]=[Si]Cc1ccccc1. The van der Waals surface area contributed by atoms with Crippen LogP contribution >= 0.6 is 24.8 Å². The van der Waals surface area contributed by atoms with Crippen molar-refractivity contribution in [1.29, 1.82) is 0 Å². The fourth-order valence-corrected chi connectivity index (χ4v) is 5.18. The van der Waals surface area contributed by atoms with Crippen molar-refractivity contribution in [1.82, 2.24) is 0 Å². The van der Waals surface area contributed by atoms with Crippen LogP contribution in [0.2, 0.25) is 0 Å². The fourth-order valence-electron chi connectivity index (χ4n) is 3.78. The van der Waals surface area contributed by atoms with Gasteiger partial charge in [-0.3, -0.25) is 0 Å². The number of benzene rings is 3. The average molecular weight is 526 g/mol. The van der Waals surface area contributed by atoms with E-state index in [0.717, 1.165) is 6.91 Å². The van der Waals surface area contributed by atoms with Crippen LogP contribution in [0.3, 0.4) is 0 Å². The zero-order valence-corrected chi connectivity index (χ0v) is 23.9. The second kappa shape index (κ2) is 14.6. The Balaban J connectivity index is 0.000000242. The molecule has 5 aromatic rings. The Labute approximate surface area is 223 Å². The second-order valence-electron chi connectivity index (χ2n) is 8.06. The number of hydrogen-bond donors (Lipinski definition) is 0. The third-order valence-corrected chi connectivity index (χ3v) is 6.77. The molecule has 0 aliphatic heterocycles. The van der Waals surface area contributed by atoms with E-state index in [-0.39, 0.29) is 24.8 Å². The monoisotopic (exact) mass is 525 g/mol. The van der Waals surface area contributed by atoms with Crippen molar-refractivity contribution < 1.29 is 19.2 Å². The molecule has 0 spiro atoms. The van der Waals surface area contributed by atoms with Crippen molar-refractivity contribution in [2.45, 2.75) is 33.7 Å². The maximum atomic E-state index is 2.24. The van der Waals surface area contributed by atoms with Crippen molar-refractivity contribution in [2.75, 3.05) is 0 Å². The van der Waals surface area contributed by atoms with Crippen LogP contribution in [0.5, 0.6) is 0 Å². The van der Waals surface area contributed by atoms with E-state index >= 15 is 0 Å². The van der Waals surface area contributed by atoms with Gasteiger partial charge in [0.1, 0.15) is 0 Å². The fraction of sp³-hybridized carbons (Fsp3) is 0.172. The molecule has 0 saturated heterocycles. The van der Waals surface area contributed by atoms with Gasteiger partial charge in [0.05, 0.1) is 0 Å². The van der Waals surface area contributed by atoms with Gasteiger partial charge in [-0.25, -0.2) is 0 Å². The summed E-state index contributed by atoms with van der Waals surface area (Å²) >= 11 is 2.23. The summed E-state index contributed by atoms with van der Waals surface area (Å²) in [5.74, 6) is 0. The summed E-state index contributed by atoms with van der Waals surface area (Å²) in [5.41, 5.74) is 6.91. The first-order valence-corrected chi connectivity index (χ1v) is 14.2. The van der Waals surface area contributed by atoms with E-state index in [0.29, 0.717) is 0 Å². The number of rotatable bonds is 2. The van der Waals surface area contributed by atoms with Crippen LogP contribution in [-0.4, -0.2) is 6.91 Å². The van der Waals surface area contributed by atoms with Crippen LogP contribution in [0.15, 0.2) is 91.0 Å². The minimum absolute atomic E-state index is 0. The molecule has 0 amide bonds. The van der Waals surface area contributed by atoms with Gasteiger partial charge >= 0.3 is 68.0 Å². The molecule has 0 fully saturated rings. The van der Waals surface area contributed by atoms with Crippen molar-refractivity contribution in [3.05, 3.63) is 119 Å². The van der Waals surface area contributed by atoms with Crippen LogP contribution in [0, 0.1) is 27.7 Å². The van der Waals surface area contributed by atoms with Crippen LogP contribution < -0.4 is 0 Å². The molecule has 0 aromatic heterocycles. The third kappa shape index (κ3) is 8.59. The molecule has 4 heteroatoms. The Kier molecular flexibility index (Phi) is 13.0. The topological polar surface area (TPSA) is 0 Å². The van der Waals surface area contributed by atoms with Crippen molar-refractivity contribution >= 4 is 53.3 Å².